The minimum atomic E-state index is 1.12. The van der Waals surface area contributed by atoms with E-state index in [1.54, 1.807) is 0 Å². The van der Waals surface area contributed by atoms with Gasteiger partial charge < -0.3 is 9.47 Å². The first-order valence-electron chi connectivity index (χ1n) is 18.8. The monoisotopic (exact) mass is 694 g/mol. The Hall–Kier alpha value is -6.64. The summed E-state index contributed by atoms with van der Waals surface area (Å²) >= 11 is 0. The first kappa shape index (κ1) is 33.2. The number of anilines is 3. The van der Waals surface area contributed by atoms with Gasteiger partial charge >= 0.3 is 0 Å². The quantitative estimate of drug-likeness (QED) is 0.161. The summed E-state index contributed by atoms with van der Waals surface area (Å²) in [7, 11) is 0. The molecule has 0 aliphatic rings. The van der Waals surface area contributed by atoms with E-state index >= 15 is 0 Å². The van der Waals surface area contributed by atoms with E-state index in [1.807, 2.05) is 0 Å². The van der Waals surface area contributed by atoms with Crippen molar-refractivity contribution in [3.8, 4) is 39.1 Å². The van der Waals surface area contributed by atoms with Gasteiger partial charge in [0.15, 0.2) is 0 Å². The van der Waals surface area contributed by atoms with Crippen LogP contribution in [0.3, 0.4) is 0 Å². The van der Waals surface area contributed by atoms with Crippen LogP contribution in [0.2, 0.25) is 0 Å². The van der Waals surface area contributed by atoms with Crippen molar-refractivity contribution in [1.82, 2.24) is 4.57 Å². The Morgan fingerprint density at radius 3 is 1.26 bits per heavy atom. The molecule has 0 aliphatic carbocycles. The molecule has 1 heterocycles. The highest BCUT2D eigenvalue weighted by molar-refractivity contribution is 6.09. The lowest BCUT2D eigenvalue weighted by Crippen LogP contribution is -2.09. The highest BCUT2D eigenvalue weighted by Gasteiger charge is 2.18. The van der Waals surface area contributed by atoms with Crippen molar-refractivity contribution < 1.29 is 0 Å². The van der Waals surface area contributed by atoms with Crippen LogP contribution in [0.1, 0.15) is 22.3 Å². The lowest BCUT2D eigenvalue weighted by molar-refractivity contribution is 1.16. The number of para-hydroxylation sites is 3. The fraction of sp³-hybridized carbons (Fsp3) is 0.0769. The van der Waals surface area contributed by atoms with Crippen molar-refractivity contribution in [2.24, 2.45) is 0 Å². The molecule has 2 nitrogen and oxygen atoms in total. The van der Waals surface area contributed by atoms with E-state index in [-0.39, 0.29) is 0 Å². The summed E-state index contributed by atoms with van der Waals surface area (Å²) in [6.45, 7) is 9.01. The second-order valence-corrected chi connectivity index (χ2v) is 14.4. The van der Waals surface area contributed by atoms with Crippen LogP contribution in [0.4, 0.5) is 17.1 Å². The van der Waals surface area contributed by atoms with Crippen molar-refractivity contribution in [1.29, 1.82) is 0 Å². The first-order valence-corrected chi connectivity index (χ1v) is 18.8. The molecule has 54 heavy (non-hydrogen) atoms. The molecule has 0 saturated heterocycles. The summed E-state index contributed by atoms with van der Waals surface area (Å²) in [6, 6.07) is 66.0. The van der Waals surface area contributed by atoms with Gasteiger partial charge in [0.25, 0.3) is 0 Å². The first-order chi connectivity index (χ1) is 26.4. The van der Waals surface area contributed by atoms with Gasteiger partial charge in [0, 0.05) is 33.5 Å². The van der Waals surface area contributed by atoms with Crippen LogP contribution in [0.5, 0.6) is 0 Å². The molecular weight excluding hydrogens is 653 g/mol. The van der Waals surface area contributed by atoms with Crippen LogP contribution < -0.4 is 4.90 Å². The summed E-state index contributed by atoms with van der Waals surface area (Å²) in [5.74, 6) is 0. The summed E-state index contributed by atoms with van der Waals surface area (Å²) in [4.78, 5) is 2.33. The number of nitrogens with zero attached hydrogens (tertiary/aromatic N) is 2. The fourth-order valence-corrected chi connectivity index (χ4v) is 8.52. The molecule has 0 bridgehead atoms. The highest BCUT2D eigenvalue weighted by Crippen LogP contribution is 2.40. The molecule has 0 N–H and O–H groups in total. The maximum Gasteiger partial charge on any atom is 0.0541 e. The second kappa shape index (κ2) is 13.7. The highest BCUT2D eigenvalue weighted by atomic mass is 15.1. The number of aryl methyl sites for hydroxylation is 4. The summed E-state index contributed by atoms with van der Waals surface area (Å²) in [5, 5.41) is 2.57. The number of aromatic nitrogens is 1. The van der Waals surface area contributed by atoms with E-state index in [4.69, 9.17) is 0 Å². The van der Waals surface area contributed by atoms with Gasteiger partial charge in [-0.1, -0.05) is 121 Å². The molecule has 2 heteroatoms. The Morgan fingerprint density at radius 1 is 0.333 bits per heavy atom. The second-order valence-electron chi connectivity index (χ2n) is 14.4. The van der Waals surface area contributed by atoms with Gasteiger partial charge in [-0.3, -0.25) is 0 Å². The summed E-state index contributed by atoms with van der Waals surface area (Å²) < 4.78 is 2.41. The molecule has 8 aromatic carbocycles. The standard InChI is InChI=1S/C52H42N2/c1-35-31-42(52-37(3)33-46(34-38(52)4)54-49-21-13-11-19-47(49)48-20-12-14-22-50(48)54)32-36(2)51(35)41-25-29-45(30-26-41)53(43-17-9-6-10-18-43)44-27-23-40(24-28-44)39-15-7-5-8-16-39/h5-34H,1-4H3. The number of hydrogen-bond acceptors (Lipinski definition) is 1. The van der Waals surface area contributed by atoms with E-state index in [9.17, 15) is 0 Å². The molecule has 0 atom stereocenters. The average molecular weight is 695 g/mol. The number of benzene rings is 8. The number of rotatable bonds is 7. The fourth-order valence-electron chi connectivity index (χ4n) is 8.52. The third-order valence-electron chi connectivity index (χ3n) is 10.8. The van der Waals surface area contributed by atoms with Gasteiger partial charge in [0.1, 0.15) is 0 Å². The van der Waals surface area contributed by atoms with Gasteiger partial charge in [-0.05, 0) is 144 Å². The van der Waals surface area contributed by atoms with Crippen LogP contribution in [0.15, 0.2) is 182 Å². The van der Waals surface area contributed by atoms with Gasteiger partial charge in [-0.25, -0.2) is 0 Å². The Balaban J connectivity index is 1.05. The molecule has 0 amide bonds. The SMILES string of the molecule is Cc1cc(-c2c(C)cc(-n3c4ccccc4c4ccccc43)cc2C)cc(C)c1-c1ccc(N(c2ccccc2)c2ccc(-c3ccccc3)cc2)cc1. The summed E-state index contributed by atoms with van der Waals surface area (Å²) in [5.41, 5.74) is 19.7. The Labute approximate surface area is 318 Å². The van der Waals surface area contributed by atoms with Crippen molar-refractivity contribution in [2.75, 3.05) is 4.90 Å². The van der Waals surface area contributed by atoms with Crippen LogP contribution in [0, 0.1) is 27.7 Å². The molecule has 260 valence electrons. The normalized spacial score (nSPS) is 11.3. The molecule has 0 fully saturated rings. The number of hydrogen-bond donors (Lipinski definition) is 0. The largest absolute Gasteiger partial charge is 0.311 e. The molecule has 0 radical (unpaired) electrons. The van der Waals surface area contributed by atoms with Crippen molar-refractivity contribution in [3.05, 3.63) is 204 Å². The topological polar surface area (TPSA) is 8.17 Å². The molecule has 0 aliphatic heterocycles. The maximum absolute atomic E-state index is 2.41. The van der Waals surface area contributed by atoms with Crippen molar-refractivity contribution in [3.63, 3.8) is 0 Å². The van der Waals surface area contributed by atoms with E-state index in [2.05, 4.69) is 219 Å². The van der Waals surface area contributed by atoms with Gasteiger partial charge in [0.05, 0.1) is 11.0 Å². The van der Waals surface area contributed by atoms with E-state index in [0.717, 1.165) is 17.1 Å². The van der Waals surface area contributed by atoms with Crippen molar-refractivity contribution >= 4 is 38.9 Å². The zero-order valence-corrected chi connectivity index (χ0v) is 31.2. The zero-order chi connectivity index (χ0) is 36.8. The zero-order valence-electron chi connectivity index (χ0n) is 31.2. The van der Waals surface area contributed by atoms with Gasteiger partial charge in [-0.15, -0.1) is 0 Å². The third-order valence-corrected chi connectivity index (χ3v) is 10.8. The lowest BCUT2D eigenvalue weighted by atomic mass is 9.88. The molecule has 0 saturated carbocycles. The Morgan fingerprint density at radius 2 is 0.722 bits per heavy atom. The molecule has 9 rings (SSSR count). The van der Waals surface area contributed by atoms with Crippen molar-refractivity contribution in [2.45, 2.75) is 27.7 Å². The molecule has 9 aromatic rings. The minimum Gasteiger partial charge on any atom is -0.311 e. The van der Waals surface area contributed by atoms with Crippen LogP contribution in [0.25, 0.3) is 60.9 Å². The predicted molar refractivity (Wildman–Crippen MR) is 231 cm³/mol. The Bertz CT molecular complexity index is 2670. The molecule has 0 spiro atoms. The van der Waals surface area contributed by atoms with Gasteiger partial charge in [0.2, 0.25) is 0 Å². The number of fused-ring (bicyclic) bond motifs is 3. The van der Waals surface area contributed by atoms with Gasteiger partial charge in [-0.2, -0.15) is 0 Å². The van der Waals surface area contributed by atoms with E-state index < -0.39 is 0 Å². The minimum absolute atomic E-state index is 1.12. The Kier molecular flexibility index (Phi) is 8.44. The average Bonchev–Trinajstić information content (AvgIpc) is 3.54. The van der Waals surface area contributed by atoms with Crippen LogP contribution in [-0.4, -0.2) is 4.57 Å². The smallest absolute Gasteiger partial charge is 0.0541 e. The predicted octanol–water partition coefficient (Wildman–Crippen LogP) is 14.5. The molecular formula is C52H42N2. The van der Waals surface area contributed by atoms with E-state index in [1.165, 1.54) is 83.1 Å². The summed E-state index contributed by atoms with van der Waals surface area (Å²) in [6.07, 6.45) is 0. The lowest BCUT2D eigenvalue weighted by Gasteiger charge is -2.26. The molecule has 1 aromatic heterocycles. The van der Waals surface area contributed by atoms with Crippen LogP contribution in [-0.2, 0) is 0 Å². The van der Waals surface area contributed by atoms with E-state index in [0.29, 0.717) is 0 Å². The van der Waals surface area contributed by atoms with Crippen LogP contribution >= 0.6 is 0 Å². The maximum atomic E-state index is 2.41. The third kappa shape index (κ3) is 5.87. The molecule has 0 unspecified atom stereocenters.